The van der Waals surface area contributed by atoms with Crippen molar-refractivity contribution in [2.45, 2.75) is 13.3 Å². The summed E-state index contributed by atoms with van der Waals surface area (Å²) in [6, 6.07) is 6.74. The SMILES string of the molecule is CCc1ccc(NC(=O)COC(=O)CN2C(=O)CN(C)C2=O)cc1. The highest BCUT2D eigenvalue weighted by Gasteiger charge is 2.35. The van der Waals surface area contributed by atoms with E-state index in [4.69, 9.17) is 4.74 Å². The van der Waals surface area contributed by atoms with Crippen LogP contribution in [0.5, 0.6) is 0 Å². The topological polar surface area (TPSA) is 96.0 Å². The fourth-order valence-corrected chi connectivity index (χ4v) is 2.17. The van der Waals surface area contributed by atoms with E-state index >= 15 is 0 Å². The predicted molar refractivity (Wildman–Crippen MR) is 85.1 cm³/mol. The number of aryl methyl sites for hydroxylation is 1. The Morgan fingerprint density at radius 3 is 2.42 bits per heavy atom. The molecule has 4 amide bonds. The third-order valence-electron chi connectivity index (χ3n) is 3.53. The molecule has 0 saturated carbocycles. The van der Waals surface area contributed by atoms with Crippen molar-refractivity contribution < 1.29 is 23.9 Å². The molecule has 1 heterocycles. The Kier molecular flexibility index (Phi) is 5.51. The standard InChI is InChI=1S/C16H19N3O5/c1-3-11-4-6-12(7-5-11)17-13(20)10-24-15(22)9-19-14(21)8-18(2)16(19)23/h4-7H,3,8-10H2,1-2H3,(H,17,20). The largest absolute Gasteiger partial charge is 0.454 e. The van der Waals surface area contributed by atoms with Crippen LogP contribution in [0.15, 0.2) is 24.3 Å². The number of esters is 1. The van der Waals surface area contributed by atoms with Gasteiger partial charge in [0, 0.05) is 12.7 Å². The molecule has 1 aromatic carbocycles. The molecular formula is C16H19N3O5. The van der Waals surface area contributed by atoms with E-state index in [1.165, 1.54) is 11.9 Å². The maximum Gasteiger partial charge on any atom is 0.327 e. The summed E-state index contributed by atoms with van der Waals surface area (Å²) in [6.07, 6.45) is 0.898. The van der Waals surface area contributed by atoms with Gasteiger partial charge in [-0.1, -0.05) is 19.1 Å². The number of anilines is 1. The van der Waals surface area contributed by atoms with Crippen LogP contribution < -0.4 is 5.32 Å². The van der Waals surface area contributed by atoms with Crippen LogP contribution in [0.3, 0.4) is 0 Å². The molecule has 0 aliphatic carbocycles. The predicted octanol–water partition coefficient (Wildman–Crippen LogP) is 0.625. The monoisotopic (exact) mass is 333 g/mol. The summed E-state index contributed by atoms with van der Waals surface area (Å²) in [5.74, 6) is -1.79. The van der Waals surface area contributed by atoms with Gasteiger partial charge in [0.1, 0.15) is 13.1 Å². The first-order valence-corrected chi connectivity index (χ1v) is 7.50. The van der Waals surface area contributed by atoms with Crippen LogP contribution >= 0.6 is 0 Å². The second-order valence-corrected chi connectivity index (χ2v) is 5.38. The molecule has 1 aliphatic rings. The Morgan fingerprint density at radius 2 is 1.88 bits per heavy atom. The number of hydrogen-bond acceptors (Lipinski definition) is 5. The summed E-state index contributed by atoms with van der Waals surface area (Å²) < 4.78 is 4.80. The van der Waals surface area contributed by atoms with Crippen LogP contribution in [0.1, 0.15) is 12.5 Å². The van der Waals surface area contributed by atoms with Gasteiger partial charge in [-0.3, -0.25) is 19.3 Å². The molecule has 128 valence electrons. The van der Waals surface area contributed by atoms with Gasteiger partial charge in [0.2, 0.25) is 0 Å². The minimum atomic E-state index is -0.816. The van der Waals surface area contributed by atoms with Crippen LogP contribution in [-0.2, 0) is 25.5 Å². The van der Waals surface area contributed by atoms with Crippen molar-refractivity contribution in [2.24, 2.45) is 0 Å². The third kappa shape index (κ3) is 4.31. The van der Waals surface area contributed by atoms with E-state index < -0.39 is 37.0 Å². The molecular weight excluding hydrogens is 314 g/mol. The third-order valence-corrected chi connectivity index (χ3v) is 3.53. The van der Waals surface area contributed by atoms with Crippen molar-refractivity contribution >= 4 is 29.5 Å². The lowest BCUT2D eigenvalue weighted by Crippen LogP contribution is -2.37. The number of carbonyl (C=O) groups excluding carboxylic acids is 4. The molecule has 1 fully saturated rings. The summed E-state index contributed by atoms with van der Waals surface area (Å²) in [5.41, 5.74) is 1.74. The second kappa shape index (κ2) is 7.58. The van der Waals surface area contributed by atoms with Crippen molar-refractivity contribution in [1.29, 1.82) is 0 Å². The van der Waals surface area contributed by atoms with Gasteiger partial charge < -0.3 is 15.0 Å². The molecule has 1 aromatic rings. The van der Waals surface area contributed by atoms with Crippen LogP contribution in [-0.4, -0.2) is 60.4 Å². The van der Waals surface area contributed by atoms with Gasteiger partial charge in [0.15, 0.2) is 6.61 Å². The molecule has 0 radical (unpaired) electrons. The van der Waals surface area contributed by atoms with Gasteiger partial charge in [-0.25, -0.2) is 4.79 Å². The van der Waals surface area contributed by atoms with Crippen LogP contribution in [0, 0.1) is 0 Å². The van der Waals surface area contributed by atoms with Gasteiger partial charge in [-0.2, -0.15) is 0 Å². The molecule has 1 saturated heterocycles. The quantitative estimate of drug-likeness (QED) is 0.608. The zero-order valence-electron chi connectivity index (χ0n) is 13.6. The van der Waals surface area contributed by atoms with E-state index in [0.717, 1.165) is 16.9 Å². The Bertz CT molecular complexity index is 656. The number of nitrogens with zero attached hydrogens (tertiary/aromatic N) is 2. The van der Waals surface area contributed by atoms with E-state index in [-0.39, 0.29) is 6.54 Å². The number of urea groups is 1. The van der Waals surface area contributed by atoms with E-state index in [1.54, 1.807) is 12.1 Å². The average molecular weight is 333 g/mol. The van der Waals surface area contributed by atoms with Crippen molar-refractivity contribution in [3.8, 4) is 0 Å². The number of ether oxygens (including phenoxy) is 1. The minimum absolute atomic E-state index is 0.0691. The van der Waals surface area contributed by atoms with Gasteiger partial charge >= 0.3 is 12.0 Å². The fourth-order valence-electron chi connectivity index (χ4n) is 2.17. The molecule has 0 unspecified atom stereocenters. The smallest absolute Gasteiger partial charge is 0.327 e. The molecule has 1 N–H and O–H groups in total. The Labute approximate surface area is 139 Å². The molecule has 2 rings (SSSR count). The zero-order valence-corrected chi connectivity index (χ0v) is 13.6. The number of carbonyl (C=O) groups is 4. The lowest BCUT2D eigenvalue weighted by Gasteiger charge is -2.13. The van der Waals surface area contributed by atoms with Gasteiger partial charge in [-0.05, 0) is 24.1 Å². The van der Waals surface area contributed by atoms with Crippen molar-refractivity contribution in [3.05, 3.63) is 29.8 Å². The number of amides is 4. The average Bonchev–Trinajstić information content (AvgIpc) is 2.80. The first-order valence-electron chi connectivity index (χ1n) is 7.50. The highest BCUT2D eigenvalue weighted by Crippen LogP contribution is 2.10. The maximum absolute atomic E-state index is 11.7. The molecule has 24 heavy (non-hydrogen) atoms. The van der Waals surface area contributed by atoms with Gasteiger partial charge in [-0.15, -0.1) is 0 Å². The maximum atomic E-state index is 11.7. The molecule has 8 heteroatoms. The summed E-state index contributed by atoms with van der Waals surface area (Å²) in [7, 11) is 1.46. The normalized spacial score (nSPS) is 14.1. The summed E-state index contributed by atoms with van der Waals surface area (Å²) in [5, 5.41) is 2.59. The molecule has 8 nitrogen and oxygen atoms in total. The highest BCUT2D eigenvalue weighted by molar-refractivity contribution is 6.04. The zero-order chi connectivity index (χ0) is 17.7. The Balaban J connectivity index is 1.77. The molecule has 0 atom stereocenters. The van der Waals surface area contributed by atoms with E-state index in [1.807, 2.05) is 19.1 Å². The molecule has 0 aromatic heterocycles. The molecule has 1 aliphatic heterocycles. The fraction of sp³-hybridized carbons (Fsp3) is 0.375. The minimum Gasteiger partial charge on any atom is -0.454 e. The number of benzene rings is 1. The summed E-state index contributed by atoms with van der Waals surface area (Å²) in [6.45, 7) is 0.974. The number of nitrogens with one attached hydrogen (secondary N) is 1. The van der Waals surface area contributed by atoms with E-state index in [0.29, 0.717) is 5.69 Å². The summed E-state index contributed by atoms with van der Waals surface area (Å²) in [4.78, 5) is 48.6. The first-order chi connectivity index (χ1) is 11.4. The first kappa shape index (κ1) is 17.5. The van der Waals surface area contributed by atoms with Crippen molar-refractivity contribution in [2.75, 3.05) is 32.1 Å². The van der Waals surface area contributed by atoms with Gasteiger partial charge in [0.05, 0.1) is 0 Å². The second-order valence-electron chi connectivity index (χ2n) is 5.38. The van der Waals surface area contributed by atoms with Crippen LogP contribution in [0.2, 0.25) is 0 Å². The number of rotatable bonds is 6. The van der Waals surface area contributed by atoms with E-state index in [2.05, 4.69) is 5.32 Å². The van der Waals surface area contributed by atoms with Gasteiger partial charge in [0.25, 0.3) is 11.8 Å². The van der Waals surface area contributed by atoms with Crippen molar-refractivity contribution in [1.82, 2.24) is 9.80 Å². The molecule has 0 spiro atoms. The number of imide groups is 1. The highest BCUT2D eigenvalue weighted by atomic mass is 16.5. The van der Waals surface area contributed by atoms with Crippen molar-refractivity contribution in [3.63, 3.8) is 0 Å². The lowest BCUT2D eigenvalue weighted by molar-refractivity contribution is -0.149. The van der Waals surface area contributed by atoms with Crippen LogP contribution in [0.4, 0.5) is 10.5 Å². The summed E-state index contributed by atoms with van der Waals surface area (Å²) >= 11 is 0. The van der Waals surface area contributed by atoms with Crippen LogP contribution in [0.25, 0.3) is 0 Å². The number of likely N-dealkylation sites (N-methyl/N-ethyl adjacent to an activating group) is 1. The Hall–Kier alpha value is -2.90. The number of hydrogen-bond donors (Lipinski definition) is 1. The lowest BCUT2D eigenvalue weighted by atomic mass is 10.1. The van der Waals surface area contributed by atoms with E-state index in [9.17, 15) is 19.2 Å². The molecule has 0 bridgehead atoms. The Morgan fingerprint density at radius 1 is 1.21 bits per heavy atom.